The molecule has 0 saturated heterocycles. The number of hydrogen-bond acceptors (Lipinski definition) is 6. The van der Waals surface area contributed by atoms with Crippen LogP contribution in [0.4, 0.5) is 11.6 Å². The average molecular weight is 388 g/mol. The Kier molecular flexibility index (Phi) is 3.59. The van der Waals surface area contributed by atoms with Gasteiger partial charge in [-0.3, -0.25) is 9.12 Å². The van der Waals surface area contributed by atoms with Gasteiger partial charge in [0.1, 0.15) is 5.82 Å². The van der Waals surface area contributed by atoms with E-state index < -0.39 is 10.0 Å². The maximum atomic E-state index is 12.6. The number of anilines is 2. The predicted molar refractivity (Wildman–Crippen MR) is 85.4 cm³/mol. The van der Waals surface area contributed by atoms with Crippen LogP contribution in [0.3, 0.4) is 0 Å². The van der Waals surface area contributed by atoms with E-state index in [1.165, 1.54) is 21.9 Å². The lowest BCUT2D eigenvalue weighted by Crippen LogP contribution is -2.17. The van der Waals surface area contributed by atoms with Crippen molar-refractivity contribution in [3.63, 3.8) is 0 Å². The fraction of sp³-hybridized carbons (Fsp3) is 0.0909. The van der Waals surface area contributed by atoms with Crippen molar-refractivity contribution in [1.29, 1.82) is 0 Å². The van der Waals surface area contributed by atoms with Gasteiger partial charge in [-0.05, 0) is 28.1 Å². The Bertz CT molecular complexity index is 885. The zero-order valence-corrected chi connectivity index (χ0v) is 14.0. The Morgan fingerprint density at radius 2 is 2.19 bits per heavy atom. The molecule has 0 saturated carbocycles. The summed E-state index contributed by atoms with van der Waals surface area (Å²) >= 11 is 4.61. The summed E-state index contributed by atoms with van der Waals surface area (Å²) in [5, 5.41) is 4.64. The van der Waals surface area contributed by atoms with E-state index in [0.29, 0.717) is 10.8 Å². The molecular formula is C11H10BrN5O2S2. The normalized spacial score (nSPS) is 11.7. The Labute approximate surface area is 133 Å². The third kappa shape index (κ3) is 2.61. The summed E-state index contributed by atoms with van der Waals surface area (Å²) in [7, 11) is -2.18. The summed E-state index contributed by atoms with van der Waals surface area (Å²) < 4.78 is 29.9. The van der Waals surface area contributed by atoms with Crippen LogP contribution in [0.2, 0.25) is 0 Å². The largest absolute Gasteiger partial charge is 0.371 e. The molecule has 3 aromatic rings. The van der Waals surface area contributed by atoms with Gasteiger partial charge in [0.05, 0.1) is 0 Å². The summed E-state index contributed by atoms with van der Waals surface area (Å²) in [6, 6.07) is 3.28. The first-order valence-corrected chi connectivity index (χ1v) is 8.94. The highest BCUT2D eigenvalue weighted by molar-refractivity contribution is 9.10. The molecule has 0 spiro atoms. The third-order valence-electron chi connectivity index (χ3n) is 2.68. The minimum atomic E-state index is -3.81. The van der Waals surface area contributed by atoms with Gasteiger partial charge < -0.3 is 5.32 Å². The Morgan fingerprint density at radius 1 is 1.38 bits per heavy atom. The first-order valence-electron chi connectivity index (χ1n) is 5.79. The monoisotopic (exact) mass is 387 g/mol. The molecule has 0 radical (unpaired) electrons. The predicted octanol–water partition coefficient (Wildman–Crippen LogP) is 2.40. The minimum Gasteiger partial charge on any atom is -0.371 e. The van der Waals surface area contributed by atoms with Gasteiger partial charge in [-0.1, -0.05) is 0 Å². The number of hydrogen-bond donors (Lipinski definition) is 2. The molecule has 2 N–H and O–H groups in total. The van der Waals surface area contributed by atoms with E-state index in [1.807, 2.05) is 0 Å². The maximum absolute atomic E-state index is 12.6. The maximum Gasteiger partial charge on any atom is 0.282 e. The fourth-order valence-electron chi connectivity index (χ4n) is 1.81. The van der Waals surface area contributed by atoms with Crippen molar-refractivity contribution in [2.24, 2.45) is 0 Å². The molecule has 21 heavy (non-hydrogen) atoms. The van der Waals surface area contributed by atoms with E-state index in [2.05, 4.69) is 35.9 Å². The van der Waals surface area contributed by atoms with Crippen molar-refractivity contribution >= 4 is 53.9 Å². The summed E-state index contributed by atoms with van der Waals surface area (Å²) in [4.78, 5) is 8.85. The topological polar surface area (TPSA) is 88.4 Å². The van der Waals surface area contributed by atoms with Gasteiger partial charge in [-0.15, -0.1) is 11.3 Å². The Morgan fingerprint density at radius 3 is 2.86 bits per heavy atom. The first-order chi connectivity index (χ1) is 10.0. The van der Waals surface area contributed by atoms with Crippen LogP contribution < -0.4 is 10.0 Å². The molecule has 0 atom stereocenters. The molecular weight excluding hydrogens is 378 g/mol. The zero-order chi connectivity index (χ0) is 15.0. The van der Waals surface area contributed by atoms with Gasteiger partial charge in [-0.2, -0.15) is 8.42 Å². The van der Waals surface area contributed by atoms with Gasteiger partial charge >= 0.3 is 0 Å². The van der Waals surface area contributed by atoms with Crippen molar-refractivity contribution in [1.82, 2.24) is 14.4 Å². The molecule has 0 amide bonds. The van der Waals surface area contributed by atoms with E-state index in [4.69, 9.17) is 0 Å². The van der Waals surface area contributed by atoms with E-state index in [-0.39, 0.29) is 10.8 Å². The van der Waals surface area contributed by atoms with Crippen LogP contribution >= 0.6 is 27.3 Å². The lowest BCUT2D eigenvalue weighted by Gasteiger charge is -2.08. The van der Waals surface area contributed by atoms with Gasteiger partial charge in [0, 0.05) is 29.3 Å². The molecule has 0 unspecified atom stereocenters. The number of nitrogens with zero attached hydrogens (tertiary/aromatic N) is 3. The number of sulfonamides is 1. The number of aromatic nitrogens is 3. The molecule has 0 bridgehead atoms. The number of fused-ring (bicyclic) bond motifs is 1. The molecule has 10 heteroatoms. The second-order valence-corrected chi connectivity index (χ2v) is 7.42. The standard InChI is InChI=1S/C11H10BrN5O2S2/c1-13-9-10(17-4-5-20-11(17)15-9)21(18,19)16-8-3-2-7(12)6-14-8/h2-6,13H,1H3,(H,14,16). The van der Waals surface area contributed by atoms with Crippen molar-refractivity contribution in [2.45, 2.75) is 5.03 Å². The molecule has 0 aliphatic rings. The molecule has 110 valence electrons. The van der Waals surface area contributed by atoms with Gasteiger partial charge in [-0.25, -0.2) is 9.97 Å². The molecule has 3 heterocycles. The average Bonchev–Trinajstić information content (AvgIpc) is 3.00. The molecule has 3 rings (SSSR count). The minimum absolute atomic E-state index is 0.0611. The van der Waals surface area contributed by atoms with Crippen LogP contribution in [-0.4, -0.2) is 29.8 Å². The number of imidazole rings is 1. The molecule has 0 aromatic carbocycles. The second kappa shape index (κ2) is 5.28. The quantitative estimate of drug-likeness (QED) is 0.717. The second-order valence-electron chi connectivity index (χ2n) is 4.04. The summed E-state index contributed by atoms with van der Waals surface area (Å²) in [6.45, 7) is 0. The number of nitrogens with one attached hydrogen (secondary N) is 2. The Hall–Kier alpha value is -1.65. The van der Waals surface area contributed by atoms with Crippen LogP contribution in [0.15, 0.2) is 39.4 Å². The summed E-state index contributed by atoms with van der Waals surface area (Å²) in [5.41, 5.74) is 0. The number of thiazole rings is 1. The van der Waals surface area contributed by atoms with E-state index in [9.17, 15) is 8.42 Å². The zero-order valence-electron chi connectivity index (χ0n) is 10.7. The van der Waals surface area contributed by atoms with Crippen molar-refractivity contribution < 1.29 is 8.42 Å². The van der Waals surface area contributed by atoms with Gasteiger partial charge in [0.2, 0.25) is 5.03 Å². The van der Waals surface area contributed by atoms with Crippen LogP contribution in [0.5, 0.6) is 0 Å². The number of rotatable bonds is 4. The summed E-state index contributed by atoms with van der Waals surface area (Å²) in [5.74, 6) is 0.539. The Balaban J connectivity index is 2.07. The van der Waals surface area contributed by atoms with Crippen LogP contribution in [0, 0.1) is 0 Å². The highest BCUT2D eigenvalue weighted by Crippen LogP contribution is 2.26. The van der Waals surface area contributed by atoms with Crippen LogP contribution in [0.1, 0.15) is 0 Å². The first kappa shape index (κ1) is 14.3. The SMILES string of the molecule is CNc1nc2sccn2c1S(=O)(=O)Nc1ccc(Br)cn1. The highest BCUT2D eigenvalue weighted by Gasteiger charge is 2.25. The lowest BCUT2D eigenvalue weighted by molar-refractivity contribution is 0.597. The van der Waals surface area contributed by atoms with Gasteiger partial charge in [0.15, 0.2) is 10.8 Å². The lowest BCUT2D eigenvalue weighted by atomic mass is 10.5. The van der Waals surface area contributed by atoms with Crippen LogP contribution in [0.25, 0.3) is 4.96 Å². The fourth-order valence-corrected chi connectivity index (χ4v) is 4.11. The molecule has 0 aliphatic carbocycles. The molecule has 7 nitrogen and oxygen atoms in total. The van der Waals surface area contributed by atoms with Crippen molar-refractivity contribution in [2.75, 3.05) is 17.1 Å². The number of halogens is 1. The van der Waals surface area contributed by atoms with E-state index in [1.54, 1.807) is 30.8 Å². The van der Waals surface area contributed by atoms with Crippen molar-refractivity contribution in [3.8, 4) is 0 Å². The number of pyridine rings is 1. The molecule has 3 aromatic heterocycles. The highest BCUT2D eigenvalue weighted by atomic mass is 79.9. The van der Waals surface area contributed by atoms with Crippen molar-refractivity contribution in [3.05, 3.63) is 34.4 Å². The smallest absolute Gasteiger partial charge is 0.282 e. The third-order valence-corrected chi connectivity index (χ3v) is 5.28. The molecule has 0 aliphatic heterocycles. The van der Waals surface area contributed by atoms with Crippen LogP contribution in [-0.2, 0) is 10.0 Å². The summed E-state index contributed by atoms with van der Waals surface area (Å²) in [6.07, 6.45) is 3.19. The van der Waals surface area contributed by atoms with Gasteiger partial charge in [0.25, 0.3) is 10.0 Å². The molecule has 0 fully saturated rings. The van der Waals surface area contributed by atoms with E-state index in [0.717, 1.165) is 4.47 Å². The van der Waals surface area contributed by atoms with E-state index >= 15 is 0 Å².